The Morgan fingerprint density at radius 1 is 0.743 bits per heavy atom. The lowest BCUT2D eigenvalue weighted by atomic mass is 10.1. The zero-order valence-corrected chi connectivity index (χ0v) is 19.1. The topological polar surface area (TPSA) is 62.3 Å². The Bertz CT molecular complexity index is 1680. The van der Waals surface area contributed by atoms with Crippen LogP contribution in [-0.4, -0.2) is 39.1 Å². The fraction of sp³-hybridized carbons (Fsp3) is 0.143. The van der Waals surface area contributed by atoms with Gasteiger partial charge in [0.05, 0.1) is 49.4 Å². The van der Waals surface area contributed by atoms with Gasteiger partial charge in [-0.05, 0) is 36.4 Å². The Hall–Kier alpha value is -4.20. The van der Waals surface area contributed by atoms with E-state index in [0.717, 1.165) is 56.2 Å². The summed E-state index contributed by atoms with van der Waals surface area (Å²) in [7, 11) is 1.68. The van der Waals surface area contributed by atoms with Gasteiger partial charge < -0.3 is 14.2 Å². The zero-order valence-electron chi connectivity index (χ0n) is 19.1. The molecule has 0 N–H and O–H groups in total. The van der Waals surface area contributed by atoms with Gasteiger partial charge in [0, 0.05) is 16.7 Å². The van der Waals surface area contributed by atoms with Gasteiger partial charge >= 0.3 is 0 Å². The molecule has 0 atom stereocenters. The zero-order chi connectivity index (χ0) is 23.4. The summed E-state index contributed by atoms with van der Waals surface area (Å²) in [5, 5.41) is 0. The molecule has 172 valence electrons. The van der Waals surface area contributed by atoms with Crippen molar-refractivity contribution in [2.75, 3.05) is 20.3 Å². The van der Waals surface area contributed by atoms with Gasteiger partial charge in [0.25, 0.3) is 0 Å². The first-order valence-electron chi connectivity index (χ1n) is 11.6. The van der Waals surface area contributed by atoms with Gasteiger partial charge in [0.2, 0.25) is 0 Å². The molecule has 7 nitrogen and oxygen atoms in total. The average Bonchev–Trinajstić information content (AvgIpc) is 3.69. The van der Waals surface area contributed by atoms with Crippen molar-refractivity contribution in [1.82, 2.24) is 18.8 Å². The van der Waals surface area contributed by atoms with Crippen LogP contribution in [0.2, 0.25) is 0 Å². The lowest BCUT2D eigenvalue weighted by Crippen LogP contribution is -2.00. The lowest BCUT2D eigenvalue weighted by Gasteiger charge is -2.12. The molecule has 6 aromatic rings. The highest BCUT2D eigenvalue weighted by Crippen LogP contribution is 2.33. The maximum Gasteiger partial charge on any atom is 0.184 e. The van der Waals surface area contributed by atoms with Crippen LogP contribution in [0, 0.1) is 0 Å². The van der Waals surface area contributed by atoms with Crippen LogP contribution in [0.1, 0.15) is 11.9 Å². The maximum atomic E-state index is 5.64. The summed E-state index contributed by atoms with van der Waals surface area (Å²) < 4.78 is 21.0. The summed E-state index contributed by atoms with van der Waals surface area (Å²) in [5.74, 6) is 1.69. The van der Waals surface area contributed by atoms with Crippen LogP contribution in [0.25, 0.3) is 44.8 Å². The Morgan fingerprint density at radius 2 is 1.43 bits per heavy atom. The highest BCUT2D eigenvalue weighted by Gasteiger charge is 2.20. The fourth-order valence-electron chi connectivity index (χ4n) is 4.88. The molecule has 0 saturated carbocycles. The molecule has 0 aliphatic carbocycles. The van der Waals surface area contributed by atoms with Crippen molar-refractivity contribution in [3.8, 4) is 28.4 Å². The SMILES string of the molecule is COc1ccc(-c2cnc3c4cnc(-c5ccc(C6OCCO6)cc5)n4c4ccccc4n23)cc1. The van der Waals surface area contributed by atoms with Gasteiger partial charge in [0.1, 0.15) is 17.1 Å². The second-order valence-corrected chi connectivity index (χ2v) is 8.52. The van der Waals surface area contributed by atoms with Crippen LogP contribution in [0.4, 0.5) is 0 Å². The number of methoxy groups -OCH3 is 1. The number of rotatable bonds is 4. The molecule has 7 rings (SSSR count). The fourth-order valence-corrected chi connectivity index (χ4v) is 4.88. The van der Waals surface area contributed by atoms with Crippen molar-refractivity contribution in [3.05, 3.63) is 90.8 Å². The molecule has 0 amide bonds. The van der Waals surface area contributed by atoms with E-state index in [1.807, 2.05) is 36.7 Å². The predicted octanol–water partition coefficient (Wildman–Crippen LogP) is 5.52. The van der Waals surface area contributed by atoms with Crippen LogP contribution in [0.5, 0.6) is 5.75 Å². The molecule has 7 heteroatoms. The summed E-state index contributed by atoms with van der Waals surface area (Å²) in [6.45, 7) is 1.25. The molecule has 0 unspecified atom stereocenters. The number of fused-ring (bicyclic) bond motifs is 6. The van der Waals surface area contributed by atoms with E-state index >= 15 is 0 Å². The molecule has 1 saturated heterocycles. The van der Waals surface area contributed by atoms with E-state index in [2.05, 4.69) is 57.3 Å². The van der Waals surface area contributed by atoms with E-state index in [1.54, 1.807) is 7.11 Å². The number of aromatic nitrogens is 4. The minimum atomic E-state index is -0.289. The summed E-state index contributed by atoms with van der Waals surface area (Å²) in [6.07, 6.45) is 3.54. The molecule has 0 spiro atoms. The van der Waals surface area contributed by atoms with Gasteiger partial charge in [0.15, 0.2) is 11.9 Å². The van der Waals surface area contributed by atoms with Crippen LogP contribution in [-0.2, 0) is 9.47 Å². The first-order chi connectivity index (χ1) is 17.3. The van der Waals surface area contributed by atoms with Crippen LogP contribution in [0.15, 0.2) is 85.2 Å². The summed E-state index contributed by atoms with van der Waals surface area (Å²) in [6, 6.07) is 24.6. The van der Waals surface area contributed by atoms with Gasteiger partial charge in [-0.15, -0.1) is 0 Å². The van der Waals surface area contributed by atoms with Crippen molar-refractivity contribution in [2.24, 2.45) is 0 Å². The third-order valence-corrected chi connectivity index (χ3v) is 6.56. The number of ether oxygens (including phenoxy) is 3. The van der Waals surface area contributed by atoms with Crippen molar-refractivity contribution >= 4 is 22.2 Å². The molecule has 4 heterocycles. The molecule has 1 aliphatic rings. The van der Waals surface area contributed by atoms with Crippen LogP contribution >= 0.6 is 0 Å². The minimum absolute atomic E-state index is 0.289. The van der Waals surface area contributed by atoms with E-state index in [9.17, 15) is 0 Å². The first-order valence-corrected chi connectivity index (χ1v) is 11.6. The van der Waals surface area contributed by atoms with Crippen molar-refractivity contribution in [2.45, 2.75) is 6.29 Å². The highest BCUT2D eigenvalue weighted by molar-refractivity contribution is 5.91. The van der Waals surface area contributed by atoms with E-state index in [4.69, 9.17) is 24.2 Å². The number of nitrogens with zero attached hydrogens (tertiary/aromatic N) is 4. The standard InChI is InChI=1S/C28H22N4O3/c1-33-21-12-10-18(11-13-21)24-16-30-27-25-17-29-26(32(25)23-5-3-2-4-22(23)31(24)27)19-6-8-20(9-7-19)28-34-14-15-35-28/h2-13,16-17,28H,14-15H2,1H3. The molecule has 1 aliphatic heterocycles. The van der Waals surface area contributed by atoms with Gasteiger partial charge in [-0.3, -0.25) is 8.80 Å². The Balaban J connectivity index is 1.43. The van der Waals surface area contributed by atoms with Gasteiger partial charge in [-0.2, -0.15) is 0 Å². The van der Waals surface area contributed by atoms with Crippen molar-refractivity contribution in [1.29, 1.82) is 0 Å². The maximum absolute atomic E-state index is 5.64. The normalized spacial score (nSPS) is 14.4. The second-order valence-electron chi connectivity index (χ2n) is 8.52. The molecule has 35 heavy (non-hydrogen) atoms. The average molecular weight is 463 g/mol. The summed E-state index contributed by atoms with van der Waals surface area (Å²) >= 11 is 0. The highest BCUT2D eigenvalue weighted by atomic mass is 16.7. The van der Waals surface area contributed by atoms with E-state index in [1.165, 1.54) is 0 Å². The number of benzene rings is 3. The molecule has 3 aromatic heterocycles. The number of para-hydroxylation sites is 2. The monoisotopic (exact) mass is 462 g/mol. The Morgan fingerprint density at radius 3 is 2.14 bits per heavy atom. The largest absolute Gasteiger partial charge is 0.497 e. The Kier molecular flexibility index (Phi) is 4.58. The molecule has 0 radical (unpaired) electrons. The minimum Gasteiger partial charge on any atom is -0.497 e. The van der Waals surface area contributed by atoms with Crippen molar-refractivity contribution in [3.63, 3.8) is 0 Å². The molecule has 1 fully saturated rings. The van der Waals surface area contributed by atoms with E-state index in [0.29, 0.717) is 13.2 Å². The van der Waals surface area contributed by atoms with Gasteiger partial charge in [-0.1, -0.05) is 36.4 Å². The number of hydrogen-bond donors (Lipinski definition) is 0. The van der Waals surface area contributed by atoms with E-state index in [-0.39, 0.29) is 6.29 Å². The third kappa shape index (κ3) is 3.13. The smallest absolute Gasteiger partial charge is 0.184 e. The Labute approximate surface area is 201 Å². The molecule has 3 aromatic carbocycles. The van der Waals surface area contributed by atoms with Crippen LogP contribution < -0.4 is 4.74 Å². The summed E-state index contributed by atoms with van der Waals surface area (Å²) in [4.78, 5) is 9.66. The second kappa shape index (κ2) is 7.94. The summed E-state index contributed by atoms with van der Waals surface area (Å²) in [5.41, 5.74) is 8.04. The molecular weight excluding hydrogens is 440 g/mol. The number of hydrogen-bond acceptors (Lipinski definition) is 5. The molecular formula is C28H22N4O3. The van der Waals surface area contributed by atoms with Crippen LogP contribution in [0.3, 0.4) is 0 Å². The van der Waals surface area contributed by atoms with E-state index < -0.39 is 0 Å². The first kappa shape index (κ1) is 20.2. The number of imidazole rings is 2. The van der Waals surface area contributed by atoms with Crippen molar-refractivity contribution < 1.29 is 14.2 Å². The third-order valence-electron chi connectivity index (χ3n) is 6.56. The predicted molar refractivity (Wildman–Crippen MR) is 134 cm³/mol. The van der Waals surface area contributed by atoms with Gasteiger partial charge in [-0.25, -0.2) is 9.97 Å². The molecule has 0 bridgehead atoms. The lowest BCUT2D eigenvalue weighted by molar-refractivity contribution is -0.0441. The quantitative estimate of drug-likeness (QED) is 0.345.